The monoisotopic (exact) mass is 1100 g/mol. The number of hydrogen-bond acceptors (Lipinski definition) is 9. The number of aliphatic hydroxyl groups excluding tert-OH is 2. The van der Waals surface area contributed by atoms with Gasteiger partial charge in [0.25, 0.3) is 17.5 Å². The van der Waals surface area contributed by atoms with Crippen molar-refractivity contribution in [3.05, 3.63) is 152 Å². The van der Waals surface area contributed by atoms with Crippen molar-refractivity contribution in [2.45, 2.75) is 20.3 Å². The van der Waals surface area contributed by atoms with Crippen molar-refractivity contribution >= 4 is 114 Å². The molecule has 0 bridgehead atoms. The largest absolute Gasteiger partial charge is 0.395 e. The highest BCUT2D eigenvalue weighted by atomic mass is 127. The molecule has 0 aliphatic rings. The summed E-state index contributed by atoms with van der Waals surface area (Å²) in [5.74, 6) is -1.06. The van der Waals surface area contributed by atoms with E-state index in [9.17, 15) is 24.5 Å². The summed E-state index contributed by atoms with van der Waals surface area (Å²) in [6, 6.07) is 30.5. The predicted octanol–water partition coefficient (Wildman–Crippen LogP) is 7.68. The highest BCUT2D eigenvalue weighted by Crippen LogP contribution is 2.29. The number of nitrogens with two attached hydrogens (primary N) is 1. The van der Waals surface area contributed by atoms with Gasteiger partial charge in [0, 0.05) is 52.9 Å². The normalized spacial score (nSPS) is 10.1. The quantitative estimate of drug-likeness (QED) is 0.0350. The first-order valence-electron chi connectivity index (χ1n) is 17.1. The van der Waals surface area contributed by atoms with E-state index in [1.54, 1.807) is 24.3 Å². The minimum Gasteiger partial charge on any atom is -0.395 e. The summed E-state index contributed by atoms with van der Waals surface area (Å²) in [6.07, 6.45) is 0.804. The molecule has 0 saturated heterocycles. The molecule has 16 heteroatoms. The van der Waals surface area contributed by atoms with Crippen LogP contribution in [-0.4, -0.2) is 59.2 Å². The number of hydrogen-bond donors (Lipinski definition) is 7. The summed E-state index contributed by atoms with van der Waals surface area (Å²) in [5.41, 5.74) is 11.3. The van der Waals surface area contributed by atoms with Gasteiger partial charge >= 0.3 is 0 Å². The van der Waals surface area contributed by atoms with E-state index < -0.39 is 10.8 Å². The Labute approximate surface area is 365 Å². The molecule has 0 aromatic heterocycles. The van der Waals surface area contributed by atoms with Crippen LogP contribution >= 0.6 is 67.8 Å². The Bertz CT molecular complexity index is 2140. The number of nitrogens with zero attached hydrogens (tertiary/aromatic N) is 1. The number of primary amides is 1. The molecular weight excluding hydrogens is 1060 g/mol. The molecule has 0 heterocycles. The van der Waals surface area contributed by atoms with Crippen molar-refractivity contribution in [2.24, 2.45) is 5.73 Å². The van der Waals surface area contributed by atoms with Crippen LogP contribution in [0.3, 0.4) is 0 Å². The second kappa shape index (κ2) is 23.6. The molecule has 0 aliphatic heterocycles. The van der Waals surface area contributed by atoms with Crippen molar-refractivity contribution in [2.75, 3.05) is 36.9 Å². The van der Waals surface area contributed by atoms with E-state index in [-0.39, 0.29) is 49.4 Å². The van der Waals surface area contributed by atoms with Crippen LogP contribution in [-0.2, 0) is 6.42 Å². The second-order valence-corrected chi connectivity index (χ2v) is 15.5. The molecule has 0 fully saturated rings. The lowest BCUT2D eigenvalue weighted by Crippen LogP contribution is -2.27. The zero-order valence-corrected chi connectivity index (χ0v) is 36.9. The third-order valence-corrected chi connectivity index (χ3v) is 9.73. The summed E-state index contributed by atoms with van der Waals surface area (Å²) in [4.78, 5) is 45.4. The number of carbonyl (C=O) groups is 3. The van der Waals surface area contributed by atoms with Crippen molar-refractivity contribution in [3.8, 4) is 0 Å². The van der Waals surface area contributed by atoms with Crippen LogP contribution in [0.5, 0.6) is 0 Å². The molecule has 294 valence electrons. The second-order valence-electron chi connectivity index (χ2n) is 11.7. The minimum absolute atomic E-state index is 0.0741. The topological polar surface area (TPSA) is 209 Å². The number of amides is 3. The molecule has 5 rings (SSSR count). The molecule has 0 atom stereocenters. The maximum atomic E-state index is 12.3. The van der Waals surface area contributed by atoms with E-state index in [4.69, 9.17) is 15.9 Å². The Morgan fingerprint density at radius 2 is 1.16 bits per heavy atom. The third-order valence-electron chi connectivity index (χ3n) is 7.71. The molecular formula is C40H41I3N6O7. The smallest absolute Gasteiger partial charge is 0.270 e. The molecule has 0 saturated carbocycles. The number of anilines is 4. The number of nitro benzene ring substituents is 1. The van der Waals surface area contributed by atoms with Crippen LogP contribution < -0.4 is 27.0 Å². The SMILES string of the molecule is CCc1cc(I)ccc1Nc1ccc([N+](=O)[O-])cc1C(=O)NCCO.Cc1cc(I)ccc1Nc1ccc(I)cc1C(=O)NCCO.NC(=O)c1ccccc1. The molecule has 5 aromatic rings. The van der Waals surface area contributed by atoms with Gasteiger partial charge in [0.15, 0.2) is 0 Å². The number of aryl methyl sites for hydroxylation is 2. The van der Waals surface area contributed by atoms with E-state index in [0.717, 1.165) is 41.8 Å². The Balaban J connectivity index is 0.000000247. The van der Waals surface area contributed by atoms with Crippen molar-refractivity contribution in [3.63, 3.8) is 0 Å². The number of nitrogens with one attached hydrogen (secondary N) is 4. The lowest BCUT2D eigenvalue weighted by atomic mass is 10.1. The standard InChI is InChI=1S/C17H18IN3O4.C16H16I2N2O2.C7H7NO/c1-2-11-9-12(18)3-5-15(11)20-16-6-4-13(21(24)25)10-14(16)17(23)19-7-8-22;1-10-8-11(17)2-4-14(10)20-15-5-3-12(18)9-13(15)16(22)19-6-7-21;8-7(9)6-4-2-1-3-5-6/h3-6,9-10,20,22H,2,7-8H2,1H3,(H,19,23);2-5,8-9,20-21H,6-7H2,1H3,(H,19,22);1-5H,(H2,8,9). The van der Waals surface area contributed by atoms with E-state index in [1.807, 2.05) is 68.4 Å². The van der Waals surface area contributed by atoms with Crippen LogP contribution in [0.4, 0.5) is 28.4 Å². The van der Waals surface area contributed by atoms with E-state index in [1.165, 1.54) is 21.8 Å². The number of carbonyl (C=O) groups excluding carboxylic acids is 3. The van der Waals surface area contributed by atoms with Gasteiger partial charge in [-0.3, -0.25) is 24.5 Å². The van der Waals surface area contributed by atoms with Crippen LogP contribution in [0.1, 0.15) is 49.1 Å². The highest BCUT2D eigenvalue weighted by Gasteiger charge is 2.18. The number of rotatable bonds is 13. The van der Waals surface area contributed by atoms with Gasteiger partial charge in [-0.2, -0.15) is 0 Å². The molecule has 0 radical (unpaired) electrons. The summed E-state index contributed by atoms with van der Waals surface area (Å²) in [5, 5.41) is 40.5. The molecule has 0 spiro atoms. The van der Waals surface area contributed by atoms with Crippen LogP contribution in [0.15, 0.2) is 103 Å². The lowest BCUT2D eigenvalue weighted by molar-refractivity contribution is -0.384. The maximum Gasteiger partial charge on any atom is 0.270 e. The molecule has 3 amide bonds. The average molecular weight is 1100 g/mol. The van der Waals surface area contributed by atoms with Gasteiger partial charge in [-0.25, -0.2) is 0 Å². The van der Waals surface area contributed by atoms with Crippen molar-refractivity contribution in [1.82, 2.24) is 10.6 Å². The third kappa shape index (κ3) is 14.6. The highest BCUT2D eigenvalue weighted by molar-refractivity contribution is 14.1. The van der Waals surface area contributed by atoms with Gasteiger partial charge in [-0.05, 0) is 165 Å². The number of halogens is 3. The first kappa shape index (κ1) is 46.0. The Morgan fingerprint density at radius 1 is 0.679 bits per heavy atom. The summed E-state index contributed by atoms with van der Waals surface area (Å²) in [7, 11) is 0. The lowest BCUT2D eigenvalue weighted by Gasteiger charge is -2.15. The maximum absolute atomic E-state index is 12.3. The van der Waals surface area contributed by atoms with Crippen LogP contribution in [0, 0.1) is 27.7 Å². The minimum atomic E-state index is -0.547. The van der Waals surface area contributed by atoms with Gasteiger partial charge in [0.1, 0.15) is 0 Å². The van der Waals surface area contributed by atoms with Crippen LogP contribution in [0.2, 0.25) is 0 Å². The summed E-state index contributed by atoms with van der Waals surface area (Å²) < 4.78 is 3.26. The molecule has 0 unspecified atom stereocenters. The van der Waals surface area contributed by atoms with Gasteiger partial charge in [-0.15, -0.1) is 0 Å². The summed E-state index contributed by atoms with van der Waals surface area (Å²) >= 11 is 6.68. The zero-order chi connectivity index (χ0) is 41.2. The Kier molecular flexibility index (Phi) is 19.4. The van der Waals surface area contributed by atoms with E-state index in [2.05, 4.69) is 95.1 Å². The van der Waals surface area contributed by atoms with Gasteiger partial charge < -0.3 is 37.2 Å². The molecule has 8 N–H and O–H groups in total. The molecule has 13 nitrogen and oxygen atoms in total. The average Bonchev–Trinajstić information content (AvgIpc) is 3.19. The van der Waals surface area contributed by atoms with Crippen molar-refractivity contribution < 1.29 is 29.5 Å². The zero-order valence-electron chi connectivity index (χ0n) is 30.4. The van der Waals surface area contributed by atoms with E-state index >= 15 is 0 Å². The fourth-order valence-corrected chi connectivity index (χ4v) is 6.62. The molecule has 56 heavy (non-hydrogen) atoms. The summed E-state index contributed by atoms with van der Waals surface area (Å²) in [6.45, 7) is 4.09. The molecule has 5 aromatic carbocycles. The van der Waals surface area contributed by atoms with Gasteiger partial charge in [0.2, 0.25) is 5.91 Å². The van der Waals surface area contributed by atoms with Gasteiger partial charge in [0.05, 0.1) is 40.6 Å². The fourth-order valence-electron chi connectivity index (χ4n) is 4.92. The predicted molar refractivity (Wildman–Crippen MR) is 245 cm³/mol. The van der Waals surface area contributed by atoms with E-state index in [0.29, 0.717) is 16.8 Å². The van der Waals surface area contributed by atoms with Crippen molar-refractivity contribution in [1.29, 1.82) is 0 Å². The number of aliphatic hydroxyl groups is 2. The number of non-ortho nitro benzene ring substituents is 1. The fraction of sp³-hybridized carbons (Fsp3) is 0.175. The van der Waals surface area contributed by atoms with Gasteiger partial charge in [-0.1, -0.05) is 25.1 Å². The number of nitro groups is 1. The Hall–Kier alpha value is -4.38. The molecule has 0 aliphatic carbocycles. The first-order valence-corrected chi connectivity index (χ1v) is 20.3. The van der Waals surface area contributed by atoms with Crippen LogP contribution in [0.25, 0.3) is 0 Å². The number of benzene rings is 5. The first-order chi connectivity index (χ1) is 26.8. The Morgan fingerprint density at radius 3 is 1.66 bits per heavy atom.